The van der Waals surface area contributed by atoms with Gasteiger partial charge in [0.15, 0.2) is 11.5 Å². The molecule has 1 aromatic rings. The third kappa shape index (κ3) is 3.08. The molecule has 2 N–H and O–H groups in total. The van der Waals surface area contributed by atoms with Gasteiger partial charge >= 0.3 is 0 Å². The minimum atomic E-state index is -0.280. The lowest BCUT2D eigenvalue weighted by atomic mass is 10.1. The van der Waals surface area contributed by atoms with Gasteiger partial charge in [-0.2, -0.15) is 0 Å². The summed E-state index contributed by atoms with van der Waals surface area (Å²) in [4.78, 5) is 14.0. The fourth-order valence-corrected chi connectivity index (χ4v) is 1.57. The van der Waals surface area contributed by atoms with E-state index in [9.17, 15) is 4.79 Å². The van der Waals surface area contributed by atoms with Crippen LogP contribution in [0.1, 0.15) is 35.7 Å². The molecule has 0 bridgehead atoms. The van der Waals surface area contributed by atoms with Gasteiger partial charge in [-0.05, 0) is 34.9 Å². The Balaban J connectivity index is 2.73. The van der Waals surface area contributed by atoms with Crippen molar-refractivity contribution in [1.29, 1.82) is 0 Å². The average Bonchev–Trinajstić information content (AvgIpc) is 2.68. The lowest BCUT2D eigenvalue weighted by Gasteiger charge is -2.26. The molecule has 0 saturated heterocycles. The summed E-state index contributed by atoms with van der Waals surface area (Å²) in [6.45, 7) is 5.41. The van der Waals surface area contributed by atoms with E-state index in [2.05, 4.69) is 10.5 Å². The molecular weight excluding hydrogens is 234 g/mol. The molecular formula is C12H21N3O3. The summed E-state index contributed by atoms with van der Waals surface area (Å²) in [5, 5.41) is 15.5. The number of carbonyl (C=O) groups is 1. The van der Waals surface area contributed by atoms with Gasteiger partial charge in [0.05, 0.1) is 0 Å². The first-order valence-corrected chi connectivity index (χ1v) is 5.91. The van der Waals surface area contributed by atoms with E-state index >= 15 is 0 Å². The molecule has 0 radical (unpaired) electrons. The summed E-state index contributed by atoms with van der Waals surface area (Å²) < 4.78 is 4.88. The van der Waals surface area contributed by atoms with Gasteiger partial charge in [-0.1, -0.05) is 5.16 Å². The van der Waals surface area contributed by atoms with Crippen LogP contribution in [0.2, 0.25) is 0 Å². The molecule has 0 aliphatic rings. The van der Waals surface area contributed by atoms with Gasteiger partial charge in [0.2, 0.25) is 0 Å². The van der Waals surface area contributed by atoms with E-state index in [1.165, 1.54) is 0 Å². The Morgan fingerprint density at radius 2 is 2.11 bits per heavy atom. The van der Waals surface area contributed by atoms with Crippen molar-refractivity contribution in [2.45, 2.75) is 39.5 Å². The van der Waals surface area contributed by atoms with Gasteiger partial charge in [-0.25, -0.2) is 0 Å². The van der Waals surface area contributed by atoms with Crippen molar-refractivity contribution < 1.29 is 14.4 Å². The average molecular weight is 255 g/mol. The summed E-state index contributed by atoms with van der Waals surface area (Å²) in [5.41, 5.74) is 0.816. The van der Waals surface area contributed by atoms with Gasteiger partial charge in [0.1, 0.15) is 6.61 Å². The SMILES string of the molecule is Cc1c(C(=O)NC(C)C(C)N(C)C)noc1CO. The topological polar surface area (TPSA) is 78.6 Å². The molecule has 0 aliphatic carbocycles. The zero-order valence-electron chi connectivity index (χ0n) is 11.5. The van der Waals surface area contributed by atoms with E-state index in [-0.39, 0.29) is 30.3 Å². The predicted molar refractivity (Wildman–Crippen MR) is 67.2 cm³/mol. The van der Waals surface area contributed by atoms with Crippen LogP contribution in [0.4, 0.5) is 0 Å². The Bertz CT molecular complexity index is 415. The molecule has 1 aromatic heterocycles. The monoisotopic (exact) mass is 255 g/mol. The molecule has 102 valence electrons. The normalized spacial score (nSPS) is 14.6. The molecule has 6 heteroatoms. The van der Waals surface area contributed by atoms with E-state index < -0.39 is 0 Å². The number of hydrogen-bond acceptors (Lipinski definition) is 5. The highest BCUT2D eigenvalue weighted by molar-refractivity contribution is 5.93. The van der Waals surface area contributed by atoms with E-state index in [0.717, 1.165) is 0 Å². The number of rotatable bonds is 5. The van der Waals surface area contributed by atoms with Gasteiger partial charge < -0.3 is 19.8 Å². The number of hydrogen-bond donors (Lipinski definition) is 2. The zero-order chi connectivity index (χ0) is 13.9. The fraction of sp³-hybridized carbons (Fsp3) is 0.667. The number of likely N-dealkylation sites (N-methyl/N-ethyl adjacent to an activating group) is 1. The van der Waals surface area contributed by atoms with Crippen LogP contribution in [0, 0.1) is 6.92 Å². The second-order valence-corrected chi connectivity index (χ2v) is 4.70. The molecule has 2 unspecified atom stereocenters. The Morgan fingerprint density at radius 1 is 1.50 bits per heavy atom. The summed E-state index contributed by atoms with van der Waals surface area (Å²) in [6.07, 6.45) is 0. The van der Waals surface area contributed by atoms with Crippen molar-refractivity contribution in [2.24, 2.45) is 0 Å². The van der Waals surface area contributed by atoms with Crippen LogP contribution < -0.4 is 5.32 Å². The van der Waals surface area contributed by atoms with Crippen molar-refractivity contribution in [2.75, 3.05) is 14.1 Å². The van der Waals surface area contributed by atoms with Gasteiger partial charge in [0, 0.05) is 17.6 Å². The summed E-state index contributed by atoms with van der Waals surface area (Å²) in [7, 11) is 3.91. The number of carbonyl (C=O) groups excluding carboxylic acids is 1. The number of aliphatic hydroxyl groups excluding tert-OH is 1. The minimum absolute atomic E-state index is 0.0128. The second-order valence-electron chi connectivity index (χ2n) is 4.70. The zero-order valence-corrected chi connectivity index (χ0v) is 11.5. The highest BCUT2D eigenvalue weighted by Crippen LogP contribution is 2.13. The van der Waals surface area contributed by atoms with Crippen molar-refractivity contribution in [1.82, 2.24) is 15.4 Å². The summed E-state index contributed by atoms with van der Waals surface area (Å²) in [6, 6.07) is 0.194. The maximum absolute atomic E-state index is 12.0. The summed E-state index contributed by atoms with van der Waals surface area (Å²) >= 11 is 0. The van der Waals surface area contributed by atoms with Crippen LogP contribution in [-0.2, 0) is 6.61 Å². The Morgan fingerprint density at radius 3 is 2.56 bits per heavy atom. The Hall–Kier alpha value is -1.40. The Labute approximate surface area is 107 Å². The molecule has 0 aliphatic heterocycles. The molecule has 1 rings (SSSR count). The Kier molecular flexibility index (Phi) is 4.86. The first kappa shape index (κ1) is 14.7. The van der Waals surface area contributed by atoms with Crippen LogP contribution in [0.15, 0.2) is 4.52 Å². The molecule has 0 aromatic carbocycles. The predicted octanol–water partition coefficient (Wildman–Crippen LogP) is 0.544. The number of nitrogens with zero attached hydrogens (tertiary/aromatic N) is 2. The van der Waals surface area contributed by atoms with Crippen LogP contribution >= 0.6 is 0 Å². The molecule has 0 spiro atoms. The largest absolute Gasteiger partial charge is 0.388 e. The maximum Gasteiger partial charge on any atom is 0.274 e. The van der Waals surface area contributed by atoms with Crippen molar-refractivity contribution in [3.05, 3.63) is 17.0 Å². The van der Waals surface area contributed by atoms with E-state index in [4.69, 9.17) is 9.63 Å². The van der Waals surface area contributed by atoms with Gasteiger partial charge in [-0.15, -0.1) is 0 Å². The first-order chi connectivity index (χ1) is 8.38. The van der Waals surface area contributed by atoms with Crippen molar-refractivity contribution in [3.63, 3.8) is 0 Å². The molecule has 1 amide bonds. The first-order valence-electron chi connectivity index (χ1n) is 5.91. The van der Waals surface area contributed by atoms with Crippen molar-refractivity contribution in [3.8, 4) is 0 Å². The maximum atomic E-state index is 12.0. The lowest BCUT2D eigenvalue weighted by Crippen LogP contribution is -2.46. The quantitative estimate of drug-likeness (QED) is 0.803. The van der Waals surface area contributed by atoms with Gasteiger partial charge in [0.25, 0.3) is 5.91 Å². The van der Waals surface area contributed by atoms with Crippen molar-refractivity contribution >= 4 is 5.91 Å². The molecule has 6 nitrogen and oxygen atoms in total. The van der Waals surface area contributed by atoms with E-state index in [0.29, 0.717) is 11.3 Å². The van der Waals surface area contributed by atoms with E-state index in [1.807, 2.05) is 32.8 Å². The number of aliphatic hydroxyl groups is 1. The molecule has 18 heavy (non-hydrogen) atoms. The second kappa shape index (κ2) is 5.97. The lowest BCUT2D eigenvalue weighted by molar-refractivity contribution is 0.0909. The molecule has 0 saturated carbocycles. The van der Waals surface area contributed by atoms with Gasteiger partial charge in [-0.3, -0.25) is 4.79 Å². The van der Waals surface area contributed by atoms with Crippen LogP contribution in [-0.4, -0.2) is 47.2 Å². The summed E-state index contributed by atoms with van der Waals surface area (Å²) in [5.74, 6) is 0.0469. The van der Waals surface area contributed by atoms with Crippen LogP contribution in [0.3, 0.4) is 0 Å². The molecule has 1 heterocycles. The van der Waals surface area contributed by atoms with Crippen LogP contribution in [0.5, 0.6) is 0 Å². The highest BCUT2D eigenvalue weighted by Gasteiger charge is 2.22. The highest BCUT2D eigenvalue weighted by atomic mass is 16.5. The number of nitrogens with one attached hydrogen (secondary N) is 1. The molecule has 0 fully saturated rings. The minimum Gasteiger partial charge on any atom is -0.388 e. The fourth-order valence-electron chi connectivity index (χ4n) is 1.57. The standard InChI is InChI=1S/C12H21N3O3/c1-7-10(6-16)18-14-11(7)12(17)13-8(2)9(3)15(4)5/h8-9,16H,6H2,1-5H3,(H,13,17). The number of amides is 1. The van der Waals surface area contributed by atoms with E-state index in [1.54, 1.807) is 6.92 Å². The third-order valence-electron chi connectivity index (χ3n) is 3.28. The third-order valence-corrected chi connectivity index (χ3v) is 3.28. The smallest absolute Gasteiger partial charge is 0.274 e. The number of aromatic nitrogens is 1. The molecule has 2 atom stereocenters. The van der Waals surface area contributed by atoms with Crippen LogP contribution in [0.25, 0.3) is 0 Å².